The lowest BCUT2D eigenvalue weighted by molar-refractivity contribution is 0.875. The van der Waals surface area contributed by atoms with Gasteiger partial charge in [-0.25, -0.2) is 9.97 Å². The summed E-state index contributed by atoms with van der Waals surface area (Å²) in [7, 11) is 0. The lowest BCUT2D eigenvalue weighted by Gasteiger charge is -2.15. The topological polar surface area (TPSA) is 37.8 Å². The summed E-state index contributed by atoms with van der Waals surface area (Å²) in [6.07, 6.45) is 5.30. The number of hydrogen-bond acceptors (Lipinski definition) is 4. The molecule has 2 heterocycles. The summed E-state index contributed by atoms with van der Waals surface area (Å²) in [5.41, 5.74) is 2.74. The molecule has 2 aromatic heterocycles. The average molecular weight is 295 g/mol. The van der Waals surface area contributed by atoms with Gasteiger partial charge in [0, 0.05) is 10.9 Å². The van der Waals surface area contributed by atoms with Crippen molar-refractivity contribution >= 4 is 27.4 Å². The molecule has 1 aromatic carbocycles. The number of rotatable bonds is 3. The maximum absolute atomic E-state index is 4.51. The second kappa shape index (κ2) is 5.11. The van der Waals surface area contributed by atoms with E-state index in [0.717, 1.165) is 17.1 Å². The number of aromatic nitrogens is 2. The van der Waals surface area contributed by atoms with Crippen LogP contribution in [0.4, 0.5) is 5.82 Å². The van der Waals surface area contributed by atoms with Gasteiger partial charge >= 0.3 is 0 Å². The number of hydrogen-bond donors (Lipinski definition) is 1. The van der Waals surface area contributed by atoms with Crippen molar-refractivity contribution in [3.63, 3.8) is 0 Å². The molecule has 1 N–H and O–H groups in total. The molecule has 1 aliphatic carbocycles. The zero-order valence-corrected chi connectivity index (χ0v) is 12.8. The number of nitrogens with one attached hydrogen (secondary N) is 1. The lowest BCUT2D eigenvalue weighted by Crippen LogP contribution is -2.08. The molecule has 0 amide bonds. The van der Waals surface area contributed by atoms with Crippen LogP contribution in [0.1, 0.15) is 35.4 Å². The van der Waals surface area contributed by atoms with E-state index >= 15 is 0 Å². The quantitative estimate of drug-likeness (QED) is 0.780. The van der Waals surface area contributed by atoms with Gasteiger partial charge in [0.1, 0.15) is 17.0 Å². The van der Waals surface area contributed by atoms with Crippen molar-refractivity contribution < 1.29 is 0 Å². The van der Waals surface area contributed by atoms with Crippen molar-refractivity contribution in [1.29, 1.82) is 0 Å². The van der Waals surface area contributed by atoms with E-state index in [-0.39, 0.29) is 6.04 Å². The van der Waals surface area contributed by atoms with Crippen LogP contribution in [-0.2, 0) is 12.8 Å². The van der Waals surface area contributed by atoms with Crippen LogP contribution in [0.2, 0.25) is 0 Å². The molecule has 4 rings (SSSR count). The molecule has 106 valence electrons. The Hall–Kier alpha value is -1.94. The summed E-state index contributed by atoms with van der Waals surface area (Å²) in [6, 6.07) is 10.7. The molecular weight excluding hydrogens is 278 g/mol. The molecule has 1 atom stereocenters. The Morgan fingerprint density at radius 3 is 2.86 bits per heavy atom. The van der Waals surface area contributed by atoms with Gasteiger partial charge in [-0.05, 0) is 37.3 Å². The van der Waals surface area contributed by atoms with Crippen LogP contribution >= 0.6 is 11.3 Å². The molecule has 3 nitrogen and oxygen atoms in total. The number of benzene rings is 1. The monoisotopic (exact) mass is 295 g/mol. The lowest BCUT2D eigenvalue weighted by atomic mass is 10.1. The van der Waals surface area contributed by atoms with Crippen LogP contribution in [-0.4, -0.2) is 9.97 Å². The van der Waals surface area contributed by atoms with Crippen molar-refractivity contribution in [3.05, 3.63) is 52.7 Å². The molecule has 0 aliphatic heterocycles. The fourth-order valence-electron chi connectivity index (χ4n) is 3.07. The van der Waals surface area contributed by atoms with Crippen LogP contribution in [0, 0.1) is 0 Å². The Labute approximate surface area is 128 Å². The minimum atomic E-state index is 0.237. The van der Waals surface area contributed by atoms with E-state index in [9.17, 15) is 0 Å². The van der Waals surface area contributed by atoms with Crippen molar-refractivity contribution in [2.24, 2.45) is 0 Å². The van der Waals surface area contributed by atoms with E-state index in [4.69, 9.17) is 0 Å². The van der Waals surface area contributed by atoms with Gasteiger partial charge in [0.2, 0.25) is 0 Å². The summed E-state index contributed by atoms with van der Waals surface area (Å²) in [6.45, 7) is 2.18. The zero-order valence-electron chi connectivity index (χ0n) is 12.0. The summed E-state index contributed by atoms with van der Waals surface area (Å²) >= 11 is 1.83. The Morgan fingerprint density at radius 2 is 2.00 bits per heavy atom. The first-order chi connectivity index (χ1) is 10.3. The highest BCUT2D eigenvalue weighted by Crippen LogP contribution is 2.39. The maximum Gasteiger partial charge on any atom is 0.138 e. The van der Waals surface area contributed by atoms with Gasteiger partial charge in [-0.1, -0.05) is 30.3 Å². The standard InChI is InChI=1S/C17H17N3S/c1-11(12-6-3-2-4-7-12)20-16-15-13-8-5-9-14(13)21-17(15)19-10-18-16/h2-4,6-7,10-11H,5,8-9H2,1H3,(H,18,19,20)/t11-/m0/s1. The fraction of sp³-hybridized carbons (Fsp3) is 0.294. The number of thiophene rings is 1. The van der Waals surface area contributed by atoms with E-state index < -0.39 is 0 Å². The third-order valence-electron chi connectivity index (χ3n) is 4.15. The minimum Gasteiger partial charge on any atom is -0.363 e. The number of fused-ring (bicyclic) bond motifs is 3. The summed E-state index contributed by atoms with van der Waals surface area (Å²) in [4.78, 5) is 11.6. The zero-order chi connectivity index (χ0) is 14.2. The number of anilines is 1. The van der Waals surface area contributed by atoms with Gasteiger partial charge in [-0.15, -0.1) is 11.3 Å². The first kappa shape index (κ1) is 12.8. The molecule has 0 saturated carbocycles. The largest absolute Gasteiger partial charge is 0.363 e. The van der Waals surface area contributed by atoms with E-state index in [1.165, 1.54) is 34.2 Å². The highest BCUT2D eigenvalue weighted by molar-refractivity contribution is 7.19. The Bertz CT molecular complexity index is 779. The summed E-state index contributed by atoms with van der Waals surface area (Å²) in [5, 5.41) is 4.82. The van der Waals surface area contributed by atoms with Crippen LogP contribution in [0.15, 0.2) is 36.7 Å². The number of aryl methyl sites for hydroxylation is 2. The molecule has 21 heavy (non-hydrogen) atoms. The van der Waals surface area contributed by atoms with Gasteiger partial charge in [0.15, 0.2) is 0 Å². The minimum absolute atomic E-state index is 0.237. The summed E-state index contributed by atoms with van der Waals surface area (Å²) in [5.74, 6) is 0.982. The molecule has 0 unspecified atom stereocenters. The first-order valence-electron chi connectivity index (χ1n) is 7.39. The van der Waals surface area contributed by atoms with Crippen molar-refractivity contribution in [3.8, 4) is 0 Å². The second-order valence-electron chi connectivity index (χ2n) is 5.54. The Morgan fingerprint density at radius 1 is 1.14 bits per heavy atom. The van der Waals surface area contributed by atoms with E-state index in [0.29, 0.717) is 0 Å². The molecule has 3 aromatic rings. The highest BCUT2D eigenvalue weighted by Gasteiger charge is 2.21. The predicted molar refractivity (Wildman–Crippen MR) is 87.9 cm³/mol. The van der Waals surface area contributed by atoms with Crippen LogP contribution < -0.4 is 5.32 Å². The molecule has 0 spiro atoms. The van der Waals surface area contributed by atoms with Gasteiger partial charge in [0.05, 0.1) is 5.39 Å². The first-order valence-corrected chi connectivity index (χ1v) is 8.21. The fourth-order valence-corrected chi connectivity index (χ4v) is 4.30. The molecule has 0 saturated heterocycles. The van der Waals surface area contributed by atoms with Gasteiger partial charge in [-0.2, -0.15) is 0 Å². The van der Waals surface area contributed by atoms with Crippen molar-refractivity contribution in [1.82, 2.24) is 9.97 Å². The molecule has 4 heteroatoms. The van der Waals surface area contributed by atoms with E-state index in [1.54, 1.807) is 6.33 Å². The Kier molecular flexibility index (Phi) is 3.11. The third-order valence-corrected chi connectivity index (χ3v) is 5.35. The van der Waals surface area contributed by atoms with Crippen LogP contribution in [0.5, 0.6) is 0 Å². The smallest absolute Gasteiger partial charge is 0.138 e. The number of nitrogens with zero attached hydrogens (tertiary/aromatic N) is 2. The third kappa shape index (κ3) is 2.20. The average Bonchev–Trinajstić information content (AvgIpc) is 3.09. The normalized spacial score (nSPS) is 15.1. The van der Waals surface area contributed by atoms with Gasteiger partial charge in [-0.3, -0.25) is 0 Å². The Balaban J connectivity index is 1.74. The van der Waals surface area contributed by atoms with Crippen LogP contribution in [0.3, 0.4) is 0 Å². The van der Waals surface area contributed by atoms with Crippen molar-refractivity contribution in [2.75, 3.05) is 5.32 Å². The molecule has 0 bridgehead atoms. The second-order valence-corrected chi connectivity index (χ2v) is 6.62. The van der Waals surface area contributed by atoms with Gasteiger partial charge in [0.25, 0.3) is 0 Å². The van der Waals surface area contributed by atoms with E-state index in [1.807, 2.05) is 17.4 Å². The maximum atomic E-state index is 4.51. The molecule has 0 fully saturated rings. The van der Waals surface area contributed by atoms with Crippen molar-refractivity contribution in [2.45, 2.75) is 32.2 Å². The van der Waals surface area contributed by atoms with E-state index in [2.05, 4.69) is 46.5 Å². The predicted octanol–water partition coefficient (Wildman–Crippen LogP) is 4.35. The van der Waals surface area contributed by atoms with Crippen LogP contribution in [0.25, 0.3) is 10.2 Å². The van der Waals surface area contributed by atoms with Gasteiger partial charge < -0.3 is 5.32 Å². The molecule has 1 aliphatic rings. The SMILES string of the molecule is C[C@H](Nc1ncnc2sc3c(c12)CCC3)c1ccccc1. The molecular formula is C17H17N3S. The summed E-state index contributed by atoms with van der Waals surface area (Å²) < 4.78 is 0. The highest BCUT2D eigenvalue weighted by atomic mass is 32.1. The molecule has 0 radical (unpaired) electrons.